The Morgan fingerprint density at radius 1 is 0.243 bits per heavy atom. The Balaban J connectivity index is 1.00. The minimum absolute atomic E-state index is 0.0740. The van der Waals surface area contributed by atoms with Gasteiger partial charge in [-0.3, -0.25) is 0 Å². The molecule has 0 aromatic heterocycles. The second kappa shape index (κ2) is 16.4. The molecule has 0 aliphatic heterocycles. The van der Waals surface area contributed by atoms with Crippen LogP contribution in [0.3, 0.4) is 0 Å². The Bertz CT molecular complexity index is 4630. The Morgan fingerprint density at radius 3 is 1.34 bits per heavy atom. The summed E-state index contributed by atoms with van der Waals surface area (Å²) in [5.74, 6) is 0. The van der Waals surface area contributed by atoms with Gasteiger partial charge in [0.2, 0.25) is 0 Å². The molecule has 14 aromatic rings. The van der Waals surface area contributed by atoms with Crippen LogP contribution in [-0.4, -0.2) is 0 Å². The molecule has 14 aromatic carbocycles. The molecular formula is C73H49N. The highest BCUT2D eigenvalue weighted by Crippen LogP contribution is 2.52. The lowest BCUT2D eigenvalue weighted by Gasteiger charge is -2.28. The number of fused-ring (bicyclic) bond motifs is 12. The normalized spacial score (nSPS) is 12.8. The van der Waals surface area contributed by atoms with Crippen LogP contribution in [0.1, 0.15) is 25.0 Å². The summed E-state index contributed by atoms with van der Waals surface area (Å²) in [5, 5.41) is 17.3. The monoisotopic (exact) mass is 939 g/mol. The van der Waals surface area contributed by atoms with Gasteiger partial charge in [0.15, 0.2) is 0 Å². The molecule has 0 amide bonds. The first-order valence-corrected chi connectivity index (χ1v) is 25.9. The van der Waals surface area contributed by atoms with E-state index in [0.29, 0.717) is 0 Å². The summed E-state index contributed by atoms with van der Waals surface area (Å²) >= 11 is 0. The number of nitrogens with zero attached hydrogens (tertiary/aromatic N) is 1. The molecule has 74 heavy (non-hydrogen) atoms. The summed E-state index contributed by atoms with van der Waals surface area (Å²) in [6, 6.07) is 97.7. The maximum atomic E-state index is 2.48. The molecule has 0 radical (unpaired) electrons. The number of benzene rings is 14. The van der Waals surface area contributed by atoms with Crippen molar-refractivity contribution in [2.24, 2.45) is 0 Å². The van der Waals surface area contributed by atoms with E-state index in [1.54, 1.807) is 0 Å². The smallest absolute Gasteiger partial charge is 0.0468 e. The van der Waals surface area contributed by atoms with E-state index in [4.69, 9.17) is 0 Å². The van der Waals surface area contributed by atoms with E-state index in [-0.39, 0.29) is 5.41 Å². The highest BCUT2D eigenvalue weighted by atomic mass is 15.1. The van der Waals surface area contributed by atoms with E-state index in [0.717, 1.165) is 17.1 Å². The molecule has 0 spiro atoms. The molecule has 0 atom stereocenters. The van der Waals surface area contributed by atoms with Crippen LogP contribution in [0, 0.1) is 0 Å². The van der Waals surface area contributed by atoms with Crippen molar-refractivity contribution in [1.82, 2.24) is 0 Å². The van der Waals surface area contributed by atoms with Crippen LogP contribution in [0.15, 0.2) is 261 Å². The molecule has 0 N–H and O–H groups in total. The molecule has 1 aliphatic rings. The van der Waals surface area contributed by atoms with Gasteiger partial charge in [0.05, 0.1) is 0 Å². The van der Waals surface area contributed by atoms with E-state index >= 15 is 0 Å². The maximum absolute atomic E-state index is 2.48. The Labute approximate surface area is 430 Å². The topological polar surface area (TPSA) is 3.24 Å². The first kappa shape index (κ1) is 42.4. The van der Waals surface area contributed by atoms with Gasteiger partial charge in [0.1, 0.15) is 0 Å². The summed E-state index contributed by atoms with van der Waals surface area (Å²) in [6.45, 7) is 4.72. The van der Waals surface area contributed by atoms with Crippen molar-refractivity contribution >= 4 is 92.5 Å². The van der Waals surface area contributed by atoms with Gasteiger partial charge in [0, 0.05) is 22.5 Å². The Kier molecular flexibility index (Phi) is 9.37. The van der Waals surface area contributed by atoms with Crippen LogP contribution in [-0.2, 0) is 5.41 Å². The summed E-state index contributed by atoms with van der Waals surface area (Å²) in [7, 11) is 0. The van der Waals surface area contributed by atoms with Gasteiger partial charge in [0.25, 0.3) is 0 Å². The van der Waals surface area contributed by atoms with Crippen molar-refractivity contribution in [1.29, 1.82) is 0 Å². The van der Waals surface area contributed by atoms with Crippen molar-refractivity contribution in [3.63, 3.8) is 0 Å². The summed E-state index contributed by atoms with van der Waals surface area (Å²) < 4.78 is 0. The minimum atomic E-state index is -0.0740. The average Bonchev–Trinajstić information content (AvgIpc) is 3.70. The predicted octanol–water partition coefficient (Wildman–Crippen LogP) is 20.5. The summed E-state index contributed by atoms with van der Waals surface area (Å²) in [4.78, 5) is 2.46. The van der Waals surface area contributed by atoms with Gasteiger partial charge >= 0.3 is 0 Å². The lowest BCUT2D eigenvalue weighted by Crippen LogP contribution is -2.14. The van der Waals surface area contributed by atoms with Crippen molar-refractivity contribution in [3.05, 3.63) is 272 Å². The van der Waals surface area contributed by atoms with Gasteiger partial charge in [-0.25, -0.2) is 0 Å². The van der Waals surface area contributed by atoms with Crippen LogP contribution in [0.5, 0.6) is 0 Å². The largest absolute Gasteiger partial charge is 0.310 e. The van der Waals surface area contributed by atoms with E-state index < -0.39 is 0 Å². The van der Waals surface area contributed by atoms with Crippen LogP contribution in [0.2, 0.25) is 0 Å². The molecule has 0 bridgehead atoms. The predicted molar refractivity (Wildman–Crippen MR) is 318 cm³/mol. The van der Waals surface area contributed by atoms with E-state index in [1.165, 1.54) is 131 Å². The van der Waals surface area contributed by atoms with E-state index in [2.05, 4.69) is 280 Å². The second-order valence-electron chi connectivity index (χ2n) is 20.8. The molecule has 0 heterocycles. The van der Waals surface area contributed by atoms with E-state index in [9.17, 15) is 0 Å². The molecule has 0 fully saturated rings. The zero-order valence-electron chi connectivity index (χ0n) is 41.3. The number of rotatable bonds is 6. The minimum Gasteiger partial charge on any atom is -0.310 e. The van der Waals surface area contributed by atoms with Gasteiger partial charge in [-0.1, -0.05) is 220 Å². The Morgan fingerprint density at radius 2 is 0.689 bits per heavy atom. The lowest BCUT2D eigenvalue weighted by atomic mass is 9.81. The first-order valence-electron chi connectivity index (χ1n) is 25.9. The molecule has 0 unspecified atom stereocenters. The van der Waals surface area contributed by atoms with Crippen LogP contribution < -0.4 is 4.90 Å². The van der Waals surface area contributed by atoms with Gasteiger partial charge in [-0.15, -0.1) is 0 Å². The first-order chi connectivity index (χ1) is 36.5. The van der Waals surface area contributed by atoms with Gasteiger partial charge in [-0.05, 0) is 186 Å². The highest BCUT2D eigenvalue weighted by Gasteiger charge is 2.35. The molecule has 0 saturated heterocycles. The zero-order valence-corrected chi connectivity index (χ0v) is 41.3. The van der Waals surface area contributed by atoms with Crippen molar-refractivity contribution < 1.29 is 0 Å². The fraction of sp³-hybridized carbons (Fsp3) is 0.0411. The van der Waals surface area contributed by atoms with Gasteiger partial charge in [-0.2, -0.15) is 0 Å². The van der Waals surface area contributed by atoms with Crippen molar-refractivity contribution in [3.8, 4) is 44.5 Å². The third-order valence-electron chi connectivity index (χ3n) is 16.4. The van der Waals surface area contributed by atoms with Crippen LogP contribution in [0.25, 0.3) is 120 Å². The van der Waals surface area contributed by atoms with Crippen LogP contribution in [0.4, 0.5) is 17.1 Å². The summed E-state index contributed by atoms with van der Waals surface area (Å²) in [5.41, 5.74) is 16.1. The lowest BCUT2D eigenvalue weighted by molar-refractivity contribution is 0.660. The third kappa shape index (κ3) is 6.43. The average molecular weight is 940 g/mol. The number of hydrogen-bond donors (Lipinski definition) is 0. The number of hydrogen-bond acceptors (Lipinski definition) is 1. The van der Waals surface area contributed by atoms with Crippen molar-refractivity contribution in [2.75, 3.05) is 4.90 Å². The molecule has 15 rings (SSSR count). The quantitative estimate of drug-likeness (QED) is 0.119. The fourth-order valence-electron chi connectivity index (χ4n) is 12.9. The fourth-order valence-corrected chi connectivity index (χ4v) is 12.9. The standard InChI is InChI=1S/C73H49N/c1-73(2)69-30-16-15-27-61(69)62-39-34-49(44-70(62)73)47-31-35-52(36-32-47)74(53-37-33-46-17-3-4-18-48(46)41-53)54-38-40-65-68(45-54)72(67-43-51-20-6-8-22-56(51)58-24-10-12-26-60(58)67)64-29-14-13-28-63(64)71(65)66-42-50-19-5-7-21-55(50)57-23-9-11-25-59(57)66/h3-45H,1-2H3. The molecule has 1 aliphatic carbocycles. The third-order valence-corrected chi connectivity index (χ3v) is 16.4. The van der Waals surface area contributed by atoms with Crippen molar-refractivity contribution in [2.45, 2.75) is 19.3 Å². The highest BCUT2D eigenvalue weighted by molar-refractivity contribution is 6.29. The molecule has 0 saturated carbocycles. The van der Waals surface area contributed by atoms with Gasteiger partial charge < -0.3 is 4.90 Å². The molecule has 346 valence electrons. The molecule has 1 nitrogen and oxygen atoms in total. The molecular weight excluding hydrogens is 891 g/mol. The Hall–Kier alpha value is -9.30. The second-order valence-corrected chi connectivity index (χ2v) is 20.8. The van der Waals surface area contributed by atoms with E-state index in [1.807, 2.05) is 0 Å². The SMILES string of the molecule is CC1(C)c2ccccc2-c2ccc(-c3ccc(N(c4ccc5ccccc5c4)c4ccc5c(-c6cc7ccccc7c7ccccc67)c6ccccc6c(-c6cc7ccccc7c7ccccc67)c5c4)cc3)cc21. The summed E-state index contributed by atoms with van der Waals surface area (Å²) in [6.07, 6.45) is 0. The number of anilines is 3. The maximum Gasteiger partial charge on any atom is 0.0468 e. The zero-order chi connectivity index (χ0) is 49.1. The van der Waals surface area contributed by atoms with Crippen LogP contribution >= 0.6 is 0 Å². The molecule has 1 heteroatoms.